The molecule has 0 saturated heterocycles. The van der Waals surface area contributed by atoms with Gasteiger partial charge in [-0.1, -0.05) is 20.8 Å². The molecule has 90 valence electrons. The van der Waals surface area contributed by atoms with Gasteiger partial charge in [0.15, 0.2) is 0 Å². The van der Waals surface area contributed by atoms with Crippen molar-refractivity contribution in [1.29, 1.82) is 0 Å². The Hall–Kier alpha value is -1.31. The van der Waals surface area contributed by atoms with Crippen molar-refractivity contribution in [3.05, 3.63) is 29.0 Å². The summed E-state index contributed by atoms with van der Waals surface area (Å²) in [6.07, 6.45) is 4.70. The van der Waals surface area contributed by atoms with Gasteiger partial charge < -0.3 is 0 Å². The Kier molecular flexibility index (Phi) is 2.13. The number of aromatic amines is 1. The van der Waals surface area contributed by atoms with Gasteiger partial charge in [-0.15, -0.1) is 0 Å². The van der Waals surface area contributed by atoms with Crippen LogP contribution in [0.2, 0.25) is 0 Å². The third-order valence-electron chi connectivity index (χ3n) is 3.73. The molecule has 2 heteroatoms. The van der Waals surface area contributed by atoms with E-state index in [1.807, 2.05) is 6.20 Å². The second-order valence-electron chi connectivity index (χ2n) is 6.34. The van der Waals surface area contributed by atoms with E-state index < -0.39 is 0 Å². The summed E-state index contributed by atoms with van der Waals surface area (Å²) in [5.41, 5.74) is 5.88. The SMILES string of the molecule is Cc1cc2[nH]ncc2c(C(C)(C)C)c1C1CC1. The molecule has 0 atom stereocenters. The van der Waals surface area contributed by atoms with Crippen molar-refractivity contribution in [2.45, 2.75) is 51.9 Å². The van der Waals surface area contributed by atoms with Crippen LogP contribution in [0.15, 0.2) is 12.3 Å². The van der Waals surface area contributed by atoms with Gasteiger partial charge in [-0.3, -0.25) is 5.10 Å². The van der Waals surface area contributed by atoms with Gasteiger partial charge in [-0.25, -0.2) is 0 Å². The van der Waals surface area contributed by atoms with E-state index >= 15 is 0 Å². The van der Waals surface area contributed by atoms with Gasteiger partial charge in [-0.2, -0.15) is 5.10 Å². The lowest BCUT2D eigenvalue weighted by molar-refractivity contribution is 0.588. The van der Waals surface area contributed by atoms with Crippen molar-refractivity contribution in [2.24, 2.45) is 0 Å². The minimum Gasteiger partial charge on any atom is -0.278 e. The number of benzene rings is 1. The fraction of sp³-hybridized carbons (Fsp3) is 0.533. The number of rotatable bonds is 1. The number of aromatic nitrogens is 2. The monoisotopic (exact) mass is 228 g/mol. The molecule has 1 aliphatic rings. The highest BCUT2D eigenvalue weighted by Crippen LogP contribution is 2.47. The molecule has 0 radical (unpaired) electrons. The number of nitrogens with one attached hydrogen (secondary N) is 1. The van der Waals surface area contributed by atoms with Crippen LogP contribution in [0, 0.1) is 6.92 Å². The Balaban J connectivity index is 2.39. The molecule has 1 N–H and O–H groups in total. The summed E-state index contributed by atoms with van der Waals surface area (Å²) >= 11 is 0. The van der Waals surface area contributed by atoms with E-state index in [9.17, 15) is 0 Å². The molecule has 3 rings (SSSR count). The maximum Gasteiger partial charge on any atom is 0.0656 e. The highest BCUT2D eigenvalue weighted by Gasteiger charge is 2.32. The lowest BCUT2D eigenvalue weighted by Crippen LogP contribution is -2.15. The van der Waals surface area contributed by atoms with Gasteiger partial charge in [0.05, 0.1) is 11.7 Å². The third-order valence-corrected chi connectivity index (χ3v) is 3.73. The molecular formula is C15H20N2. The Labute approximate surface area is 102 Å². The molecule has 0 spiro atoms. The fourth-order valence-electron chi connectivity index (χ4n) is 2.95. The summed E-state index contributed by atoms with van der Waals surface area (Å²) in [7, 11) is 0. The van der Waals surface area contributed by atoms with Gasteiger partial charge in [0.1, 0.15) is 0 Å². The number of hydrogen-bond acceptors (Lipinski definition) is 1. The van der Waals surface area contributed by atoms with Gasteiger partial charge >= 0.3 is 0 Å². The average Bonchev–Trinajstić information content (AvgIpc) is 2.94. The van der Waals surface area contributed by atoms with Crippen molar-refractivity contribution in [3.8, 4) is 0 Å². The smallest absolute Gasteiger partial charge is 0.0656 e. The lowest BCUT2D eigenvalue weighted by Gasteiger charge is -2.25. The standard InChI is InChI=1S/C15H20N2/c1-9-7-12-11(8-16-17-12)14(15(2,3)4)13(9)10-5-6-10/h7-8,10H,5-6H2,1-4H3,(H,16,17). The second kappa shape index (κ2) is 3.34. The van der Waals surface area contributed by atoms with Gasteiger partial charge in [0.2, 0.25) is 0 Å². The van der Waals surface area contributed by atoms with Crippen LogP contribution in [0.4, 0.5) is 0 Å². The molecule has 0 aliphatic heterocycles. The molecule has 1 heterocycles. The number of H-pyrrole nitrogens is 1. The Morgan fingerprint density at radius 2 is 2.00 bits per heavy atom. The Bertz CT molecular complexity index is 568. The van der Waals surface area contributed by atoms with Crippen LogP contribution in [0.5, 0.6) is 0 Å². The van der Waals surface area contributed by atoms with E-state index in [4.69, 9.17) is 0 Å². The highest BCUT2D eigenvalue weighted by atomic mass is 15.1. The minimum atomic E-state index is 0.187. The van der Waals surface area contributed by atoms with Crippen LogP contribution in [0.25, 0.3) is 10.9 Å². The molecular weight excluding hydrogens is 208 g/mol. The van der Waals surface area contributed by atoms with Crippen molar-refractivity contribution >= 4 is 10.9 Å². The molecule has 0 bridgehead atoms. The Morgan fingerprint density at radius 1 is 1.29 bits per heavy atom. The summed E-state index contributed by atoms with van der Waals surface area (Å²) in [6, 6.07) is 2.26. The number of fused-ring (bicyclic) bond motifs is 1. The van der Waals surface area contributed by atoms with Crippen molar-refractivity contribution in [3.63, 3.8) is 0 Å². The molecule has 0 unspecified atom stereocenters. The predicted octanol–water partition coefficient (Wildman–Crippen LogP) is 4.05. The molecule has 1 aromatic heterocycles. The Morgan fingerprint density at radius 3 is 2.59 bits per heavy atom. The summed E-state index contributed by atoms with van der Waals surface area (Å²) in [5, 5.41) is 8.63. The zero-order valence-electron chi connectivity index (χ0n) is 11.1. The van der Waals surface area contributed by atoms with E-state index in [0.29, 0.717) is 0 Å². The van der Waals surface area contributed by atoms with Crippen LogP contribution in [0.1, 0.15) is 56.2 Å². The first kappa shape index (κ1) is 10.8. The number of nitrogens with zero attached hydrogens (tertiary/aromatic N) is 1. The molecule has 0 amide bonds. The maximum absolute atomic E-state index is 4.21. The lowest BCUT2D eigenvalue weighted by atomic mass is 9.79. The average molecular weight is 228 g/mol. The highest BCUT2D eigenvalue weighted by molar-refractivity contribution is 5.85. The molecule has 2 aromatic rings. The van der Waals surface area contributed by atoms with Crippen LogP contribution in [0.3, 0.4) is 0 Å². The zero-order valence-corrected chi connectivity index (χ0v) is 11.1. The molecule has 1 fully saturated rings. The minimum absolute atomic E-state index is 0.187. The zero-order chi connectivity index (χ0) is 12.2. The molecule has 1 aromatic carbocycles. The van der Waals surface area contributed by atoms with Gasteiger partial charge in [0.25, 0.3) is 0 Å². The number of aryl methyl sites for hydroxylation is 1. The van der Waals surface area contributed by atoms with Crippen molar-refractivity contribution < 1.29 is 0 Å². The summed E-state index contributed by atoms with van der Waals surface area (Å²) in [4.78, 5) is 0. The quantitative estimate of drug-likeness (QED) is 0.783. The largest absolute Gasteiger partial charge is 0.278 e. The van der Waals surface area contributed by atoms with E-state index in [1.54, 1.807) is 5.56 Å². The molecule has 1 saturated carbocycles. The van der Waals surface area contributed by atoms with Crippen LogP contribution < -0.4 is 0 Å². The molecule has 1 aliphatic carbocycles. The topological polar surface area (TPSA) is 28.7 Å². The van der Waals surface area contributed by atoms with E-state index in [0.717, 1.165) is 5.92 Å². The second-order valence-corrected chi connectivity index (χ2v) is 6.34. The first-order valence-electron chi connectivity index (χ1n) is 6.45. The first-order chi connectivity index (χ1) is 7.98. The maximum atomic E-state index is 4.21. The van der Waals surface area contributed by atoms with Crippen LogP contribution >= 0.6 is 0 Å². The van der Waals surface area contributed by atoms with Crippen LogP contribution in [-0.4, -0.2) is 10.2 Å². The molecule has 2 nitrogen and oxygen atoms in total. The normalized spacial score (nSPS) is 16.7. The van der Waals surface area contributed by atoms with Gasteiger partial charge in [-0.05, 0) is 53.9 Å². The van der Waals surface area contributed by atoms with Crippen LogP contribution in [-0.2, 0) is 5.41 Å². The van der Waals surface area contributed by atoms with Crippen molar-refractivity contribution in [1.82, 2.24) is 10.2 Å². The summed E-state index contributed by atoms with van der Waals surface area (Å²) in [6.45, 7) is 9.16. The summed E-state index contributed by atoms with van der Waals surface area (Å²) < 4.78 is 0. The fourth-order valence-corrected chi connectivity index (χ4v) is 2.95. The predicted molar refractivity (Wildman–Crippen MR) is 71.5 cm³/mol. The third kappa shape index (κ3) is 1.67. The summed E-state index contributed by atoms with van der Waals surface area (Å²) in [5.74, 6) is 0.795. The van der Waals surface area contributed by atoms with E-state index in [2.05, 4.69) is 44.0 Å². The van der Waals surface area contributed by atoms with E-state index in [1.165, 1.54) is 34.9 Å². The first-order valence-corrected chi connectivity index (χ1v) is 6.45. The number of hydrogen-bond donors (Lipinski definition) is 1. The van der Waals surface area contributed by atoms with Crippen molar-refractivity contribution in [2.75, 3.05) is 0 Å². The van der Waals surface area contributed by atoms with Gasteiger partial charge in [0, 0.05) is 5.39 Å². The molecule has 17 heavy (non-hydrogen) atoms. The van der Waals surface area contributed by atoms with E-state index in [-0.39, 0.29) is 5.41 Å².